The number of likely N-dealkylation sites (tertiary alicyclic amines) is 1. The van der Waals surface area contributed by atoms with Gasteiger partial charge in [-0.1, -0.05) is 24.3 Å². The molecule has 35 heavy (non-hydrogen) atoms. The molecule has 1 amide bonds. The van der Waals surface area contributed by atoms with Crippen LogP contribution in [0.15, 0.2) is 48.5 Å². The minimum atomic E-state index is -2.56. The van der Waals surface area contributed by atoms with Crippen molar-refractivity contribution in [2.24, 2.45) is 5.92 Å². The van der Waals surface area contributed by atoms with Crippen LogP contribution in [0.5, 0.6) is 5.75 Å². The summed E-state index contributed by atoms with van der Waals surface area (Å²) in [6.45, 7) is 5.97. The number of rotatable bonds is 7. The highest BCUT2D eigenvalue weighted by molar-refractivity contribution is 7.80. The van der Waals surface area contributed by atoms with Crippen molar-refractivity contribution in [1.82, 2.24) is 4.90 Å². The lowest BCUT2D eigenvalue weighted by Crippen LogP contribution is -2.51. The van der Waals surface area contributed by atoms with Crippen LogP contribution in [0.25, 0.3) is 11.1 Å². The Morgan fingerprint density at radius 2 is 1.54 bits per heavy atom. The van der Waals surface area contributed by atoms with Gasteiger partial charge in [0.2, 0.25) is 0 Å². The van der Waals surface area contributed by atoms with E-state index in [2.05, 4.69) is 0 Å². The standard InChI is InChI=1S/C25H32N2O7S/c1-25(2,3)34-24(30)26-15-13-19(14-16-26)22(23(28)29)27(35(31)32)20-9-5-17(6-10-20)18-7-11-21(33-4)12-8-18/h5-12,19,22H,13-16H2,1-4H3,(H,28,29)(H,31,32). The largest absolute Gasteiger partial charge is 0.497 e. The normalized spacial score (nSPS) is 16.3. The SMILES string of the molecule is COc1ccc(-c2ccc(N(C(C(=O)O)C3CCN(C(=O)OC(C)(C)C)CC3)S(=O)O)cc2)cc1. The zero-order valence-corrected chi connectivity index (χ0v) is 21.2. The minimum Gasteiger partial charge on any atom is -0.497 e. The third kappa shape index (κ3) is 6.73. The van der Waals surface area contributed by atoms with Crippen molar-refractivity contribution in [2.75, 3.05) is 24.5 Å². The molecule has 0 spiro atoms. The lowest BCUT2D eigenvalue weighted by molar-refractivity contribution is -0.140. The molecular weight excluding hydrogens is 472 g/mol. The fourth-order valence-corrected chi connectivity index (χ4v) is 4.91. The van der Waals surface area contributed by atoms with Crippen LogP contribution in [-0.4, -0.2) is 62.7 Å². The molecule has 1 aliphatic rings. The van der Waals surface area contributed by atoms with E-state index in [1.54, 1.807) is 57.0 Å². The molecule has 2 unspecified atom stereocenters. The highest BCUT2D eigenvalue weighted by atomic mass is 32.2. The van der Waals surface area contributed by atoms with Crippen molar-refractivity contribution >= 4 is 29.0 Å². The number of carbonyl (C=O) groups is 2. The van der Waals surface area contributed by atoms with Crippen molar-refractivity contribution < 1.29 is 32.9 Å². The van der Waals surface area contributed by atoms with Crippen molar-refractivity contribution in [3.63, 3.8) is 0 Å². The monoisotopic (exact) mass is 504 g/mol. The number of hydrogen-bond donors (Lipinski definition) is 2. The van der Waals surface area contributed by atoms with Gasteiger partial charge in [0, 0.05) is 13.1 Å². The lowest BCUT2D eigenvalue weighted by Gasteiger charge is -2.38. The van der Waals surface area contributed by atoms with Crippen molar-refractivity contribution in [1.29, 1.82) is 0 Å². The second-order valence-electron chi connectivity index (χ2n) is 9.42. The number of amides is 1. The van der Waals surface area contributed by atoms with E-state index in [1.807, 2.05) is 24.3 Å². The van der Waals surface area contributed by atoms with Crippen LogP contribution in [0.4, 0.5) is 10.5 Å². The third-order valence-electron chi connectivity index (χ3n) is 5.86. The van der Waals surface area contributed by atoms with Gasteiger partial charge >= 0.3 is 12.1 Å². The first-order valence-electron chi connectivity index (χ1n) is 11.4. The van der Waals surface area contributed by atoms with Gasteiger partial charge in [-0.15, -0.1) is 0 Å². The number of carboxylic acids is 1. The highest BCUT2D eigenvalue weighted by Crippen LogP contribution is 2.32. The molecule has 1 saturated heterocycles. The van der Waals surface area contributed by atoms with Crippen molar-refractivity contribution in [2.45, 2.75) is 45.3 Å². The van der Waals surface area contributed by atoms with Crippen LogP contribution in [0.1, 0.15) is 33.6 Å². The zero-order chi connectivity index (χ0) is 25.8. The van der Waals surface area contributed by atoms with Gasteiger partial charge in [0.05, 0.1) is 12.8 Å². The van der Waals surface area contributed by atoms with E-state index in [4.69, 9.17) is 9.47 Å². The van der Waals surface area contributed by atoms with Gasteiger partial charge in [0.1, 0.15) is 17.4 Å². The van der Waals surface area contributed by atoms with Crippen LogP contribution in [0.3, 0.4) is 0 Å². The van der Waals surface area contributed by atoms with Gasteiger partial charge in [-0.25, -0.2) is 13.8 Å². The molecule has 1 heterocycles. The first-order valence-corrected chi connectivity index (χ1v) is 12.4. The Labute approximate surface area is 208 Å². The summed E-state index contributed by atoms with van der Waals surface area (Å²) in [7, 11) is 1.59. The molecule has 0 saturated carbocycles. The van der Waals surface area contributed by atoms with Crippen LogP contribution in [-0.2, 0) is 20.8 Å². The molecule has 10 heteroatoms. The summed E-state index contributed by atoms with van der Waals surface area (Å²) in [5.74, 6) is -0.889. The fraction of sp³-hybridized carbons (Fsp3) is 0.440. The van der Waals surface area contributed by atoms with Crippen molar-refractivity contribution in [3.05, 3.63) is 48.5 Å². The maximum atomic E-state index is 12.4. The molecule has 1 aliphatic heterocycles. The summed E-state index contributed by atoms with van der Waals surface area (Å²) < 4.78 is 34.0. The molecular formula is C25H32N2O7S. The van der Waals surface area contributed by atoms with E-state index in [0.29, 0.717) is 31.6 Å². The summed E-state index contributed by atoms with van der Waals surface area (Å²) >= 11 is -2.56. The van der Waals surface area contributed by atoms with Gasteiger partial charge in [0.15, 0.2) is 0 Å². The van der Waals surface area contributed by atoms with E-state index >= 15 is 0 Å². The molecule has 2 atom stereocenters. The number of nitrogens with zero attached hydrogens (tertiary/aromatic N) is 2. The van der Waals surface area contributed by atoms with Gasteiger partial charge in [-0.3, -0.25) is 8.86 Å². The van der Waals surface area contributed by atoms with Crippen LogP contribution in [0, 0.1) is 5.92 Å². The summed E-state index contributed by atoms with van der Waals surface area (Å²) in [4.78, 5) is 26.2. The summed E-state index contributed by atoms with van der Waals surface area (Å²) in [5.41, 5.74) is 1.50. The number of aliphatic carboxylic acids is 1. The number of ether oxygens (including phenoxy) is 2. The van der Waals surface area contributed by atoms with Gasteiger partial charge in [0.25, 0.3) is 11.3 Å². The van der Waals surface area contributed by atoms with Crippen molar-refractivity contribution in [3.8, 4) is 16.9 Å². The molecule has 2 aromatic carbocycles. The predicted octanol–water partition coefficient (Wildman–Crippen LogP) is 4.41. The molecule has 190 valence electrons. The first kappa shape index (κ1) is 26.5. The van der Waals surface area contributed by atoms with E-state index in [0.717, 1.165) is 21.2 Å². The van der Waals surface area contributed by atoms with Gasteiger partial charge in [-0.05, 0) is 74.9 Å². The second kappa shape index (κ2) is 11.1. The number of anilines is 1. The topological polar surface area (TPSA) is 117 Å². The maximum Gasteiger partial charge on any atom is 0.410 e. The van der Waals surface area contributed by atoms with E-state index in [1.165, 1.54) is 0 Å². The molecule has 9 nitrogen and oxygen atoms in total. The Balaban J connectivity index is 1.77. The van der Waals surface area contributed by atoms with Crippen LogP contribution >= 0.6 is 0 Å². The number of benzene rings is 2. The summed E-state index contributed by atoms with van der Waals surface area (Å²) in [5, 5.41) is 10.0. The number of methoxy groups -OCH3 is 1. The average molecular weight is 505 g/mol. The maximum absolute atomic E-state index is 12.4. The smallest absolute Gasteiger partial charge is 0.410 e. The Morgan fingerprint density at radius 1 is 1.03 bits per heavy atom. The van der Waals surface area contributed by atoms with Gasteiger partial charge in [-0.2, -0.15) is 0 Å². The number of carboxylic acid groups (broad SMARTS) is 1. The fourth-order valence-electron chi connectivity index (χ4n) is 4.15. The minimum absolute atomic E-state index is 0.311. The molecule has 1 fully saturated rings. The molecule has 2 N–H and O–H groups in total. The molecule has 0 aliphatic carbocycles. The van der Waals surface area contributed by atoms with E-state index in [9.17, 15) is 23.5 Å². The average Bonchev–Trinajstić information content (AvgIpc) is 2.81. The number of piperidine rings is 1. The van der Waals surface area contributed by atoms with Crippen LogP contribution < -0.4 is 9.04 Å². The first-order chi connectivity index (χ1) is 16.5. The zero-order valence-electron chi connectivity index (χ0n) is 20.3. The summed E-state index contributed by atoms with van der Waals surface area (Å²) in [6, 6.07) is 13.1. The number of hydrogen-bond acceptors (Lipinski definition) is 5. The molecule has 0 aromatic heterocycles. The quantitative estimate of drug-likeness (QED) is 0.537. The molecule has 3 rings (SSSR count). The van der Waals surface area contributed by atoms with Gasteiger partial charge < -0.3 is 19.5 Å². The summed E-state index contributed by atoms with van der Waals surface area (Å²) in [6.07, 6.45) is 0.293. The Kier molecular flexibility index (Phi) is 8.39. The Morgan fingerprint density at radius 3 is 1.97 bits per heavy atom. The van der Waals surface area contributed by atoms with Crippen LogP contribution in [0.2, 0.25) is 0 Å². The number of carbonyl (C=O) groups excluding carboxylic acids is 1. The lowest BCUT2D eigenvalue weighted by atomic mass is 9.89. The highest BCUT2D eigenvalue weighted by Gasteiger charge is 2.40. The van der Waals surface area contributed by atoms with E-state index in [-0.39, 0.29) is 0 Å². The third-order valence-corrected chi connectivity index (χ3v) is 6.63. The Hall–Kier alpha value is -3.11. The van der Waals surface area contributed by atoms with E-state index < -0.39 is 40.9 Å². The second-order valence-corrected chi connectivity index (χ2v) is 10.3. The Bertz CT molecular complexity index is 1040. The predicted molar refractivity (Wildman–Crippen MR) is 134 cm³/mol. The molecule has 0 bridgehead atoms. The molecule has 0 radical (unpaired) electrons. The molecule has 2 aromatic rings.